The molecule has 8 aromatic carbocycles. The zero-order valence-electron chi connectivity index (χ0n) is 24.9. The van der Waals surface area contributed by atoms with E-state index in [4.69, 9.17) is 0 Å². The molecule has 0 amide bonds. The number of aromatic nitrogens is 1. The first-order valence-corrected chi connectivity index (χ1v) is 16.6. The first kappa shape index (κ1) is 25.7. The summed E-state index contributed by atoms with van der Waals surface area (Å²) >= 11 is 1.88. The Kier molecular flexibility index (Phi) is 5.58. The van der Waals surface area contributed by atoms with Crippen molar-refractivity contribution in [3.8, 4) is 39.1 Å². The van der Waals surface area contributed by atoms with Crippen LogP contribution < -0.4 is 0 Å². The van der Waals surface area contributed by atoms with Crippen molar-refractivity contribution in [2.75, 3.05) is 0 Å². The van der Waals surface area contributed by atoms with Crippen LogP contribution in [-0.4, -0.2) is 4.57 Å². The van der Waals surface area contributed by atoms with E-state index in [1.165, 1.54) is 92.2 Å². The van der Waals surface area contributed by atoms with Crippen LogP contribution >= 0.6 is 11.8 Å². The van der Waals surface area contributed by atoms with Gasteiger partial charge in [0.1, 0.15) is 0 Å². The fourth-order valence-corrected chi connectivity index (χ4v) is 8.66. The maximum Gasteiger partial charge on any atom is 0.0547 e. The Morgan fingerprint density at radius 2 is 1.07 bits per heavy atom. The Bertz CT molecular complexity index is 2660. The summed E-state index contributed by atoms with van der Waals surface area (Å²) in [5.74, 6) is 0. The van der Waals surface area contributed by atoms with E-state index in [0.717, 1.165) is 0 Å². The van der Waals surface area contributed by atoms with E-state index in [9.17, 15) is 0 Å². The van der Waals surface area contributed by atoms with Gasteiger partial charge in [0, 0.05) is 31.6 Å². The minimum absolute atomic E-state index is 1.18. The lowest BCUT2D eigenvalue weighted by atomic mass is 9.90. The summed E-state index contributed by atoms with van der Waals surface area (Å²) < 4.78 is 2.41. The molecule has 1 aliphatic heterocycles. The number of benzene rings is 8. The molecule has 46 heavy (non-hydrogen) atoms. The van der Waals surface area contributed by atoms with Gasteiger partial charge in [-0.05, 0) is 98.1 Å². The van der Waals surface area contributed by atoms with Gasteiger partial charge >= 0.3 is 0 Å². The number of rotatable bonds is 3. The van der Waals surface area contributed by atoms with Crippen LogP contribution in [0.4, 0.5) is 0 Å². The van der Waals surface area contributed by atoms with Crippen molar-refractivity contribution in [2.24, 2.45) is 0 Å². The molecule has 0 aliphatic carbocycles. The van der Waals surface area contributed by atoms with Crippen LogP contribution in [0.1, 0.15) is 0 Å². The fraction of sp³-hybridized carbons (Fsp3) is 0. The van der Waals surface area contributed by atoms with Crippen molar-refractivity contribution < 1.29 is 0 Å². The molecule has 0 fully saturated rings. The van der Waals surface area contributed by atoms with Gasteiger partial charge in [0.2, 0.25) is 0 Å². The summed E-state index contributed by atoms with van der Waals surface area (Å²) in [5, 5.41) is 7.73. The molecule has 1 aromatic heterocycles. The third-order valence-electron chi connectivity index (χ3n) is 9.57. The second kappa shape index (κ2) is 9.97. The molecule has 9 aromatic rings. The topological polar surface area (TPSA) is 4.93 Å². The molecule has 0 saturated heterocycles. The van der Waals surface area contributed by atoms with Crippen molar-refractivity contribution >= 4 is 55.1 Å². The Morgan fingerprint density at radius 3 is 1.98 bits per heavy atom. The predicted octanol–water partition coefficient (Wildman–Crippen LogP) is 12.6. The molecule has 0 spiro atoms. The van der Waals surface area contributed by atoms with Gasteiger partial charge in [-0.25, -0.2) is 0 Å². The largest absolute Gasteiger partial charge is 0.309 e. The highest BCUT2D eigenvalue weighted by Gasteiger charge is 2.21. The predicted molar refractivity (Wildman–Crippen MR) is 196 cm³/mol. The summed E-state index contributed by atoms with van der Waals surface area (Å²) in [5.41, 5.74) is 11.3. The highest BCUT2D eigenvalue weighted by Crippen LogP contribution is 2.49. The number of hydrogen-bond donors (Lipinski definition) is 0. The Labute approximate surface area is 271 Å². The first-order chi connectivity index (χ1) is 22.8. The Hall–Kier alpha value is -5.57. The van der Waals surface area contributed by atoms with Crippen molar-refractivity contribution in [3.05, 3.63) is 164 Å². The number of para-hydroxylation sites is 2. The van der Waals surface area contributed by atoms with Crippen molar-refractivity contribution in [1.29, 1.82) is 0 Å². The number of hydrogen-bond acceptors (Lipinski definition) is 1. The van der Waals surface area contributed by atoms with Crippen LogP contribution in [0.5, 0.6) is 0 Å². The molecule has 10 rings (SSSR count). The van der Waals surface area contributed by atoms with Crippen LogP contribution in [-0.2, 0) is 0 Å². The van der Waals surface area contributed by atoms with E-state index < -0.39 is 0 Å². The summed E-state index contributed by atoms with van der Waals surface area (Å²) in [6.07, 6.45) is 0. The minimum atomic E-state index is 1.18. The van der Waals surface area contributed by atoms with Crippen LogP contribution in [0.15, 0.2) is 174 Å². The van der Waals surface area contributed by atoms with Crippen LogP contribution in [0.3, 0.4) is 0 Å². The molecule has 0 atom stereocenters. The third kappa shape index (κ3) is 3.77. The SMILES string of the molecule is c1ccc(-n2c3ccccc3c3cc4cccc(-c5cccc(-c6ccc7c8c(cccc68)-c6ccccc6S7)c5)c4cc32)cc1. The lowest BCUT2D eigenvalue weighted by Crippen LogP contribution is -1.94. The average Bonchev–Trinajstić information content (AvgIpc) is 3.44. The maximum absolute atomic E-state index is 2.41. The van der Waals surface area contributed by atoms with E-state index in [1.807, 2.05) is 11.8 Å². The molecule has 1 aliphatic rings. The quantitative estimate of drug-likeness (QED) is 0.195. The minimum Gasteiger partial charge on any atom is -0.309 e. The van der Waals surface area contributed by atoms with E-state index in [-0.39, 0.29) is 0 Å². The van der Waals surface area contributed by atoms with Gasteiger partial charge < -0.3 is 4.57 Å². The molecule has 0 N–H and O–H groups in total. The highest BCUT2D eigenvalue weighted by molar-refractivity contribution is 7.99. The zero-order valence-corrected chi connectivity index (χ0v) is 25.8. The Balaban J connectivity index is 1.18. The zero-order chi connectivity index (χ0) is 30.2. The first-order valence-electron chi connectivity index (χ1n) is 15.8. The molecule has 0 radical (unpaired) electrons. The normalized spacial score (nSPS) is 12.3. The van der Waals surface area contributed by atoms with E-state index >= 15 is 0 Å². The number of nitrogens with zero attached hydrogens (tertiary/aromatic N) is 1. The van der Waals surface area contributed by atoms with Crippen molar-refractivity contribution in [2.45, 2.75) is 9.79 Å². The van der Waals surface area contributed by atoms with Crippen LogP contribution in [0, 0.1) is 0 Å². The highest BCUT2D eigenvalue weighted by atomic mass is 32.2. The molecule has 0 saturated carbocycles. The lowest BCUT2D eigenvalue weighted by Gasteiger charge is -2.21. The molecule has 0 unspecified atom stereocenters. The van der Waals surface area contributed by atoms with Crippen molar-refractivity contribution in [1.82, 2.24) is 4.57 Å². The lowest BCUT2D eigenvalue weighted by molar-refractivity contribution is 1.18. The van der Waals surface area contributed by atoms with Gasteiger partial charge in [0.25, 0.3) is 0 Å². The monoisotopic (exact) mass is 601 g/mol. The second-order valence-corrected chi connectivity index (χ2v) is 13.2. The van der Waals surface area contributed by atoms with E-state index in [2.05, 4.69) is 168 Å². The van der Waals surface area contributed by atoms with Crippen LogP contribution in [0.25, 0.3) is 82.4 Å². The molecular weight excluding hydrogens is 575 g/mol. The smallest absolute Gasteiger partial charge is 0.0547 e. The molecule has 2 heterocycles. The van der Waals surface area contributed by atoms with E-state index in [0.29, 0.717) is 0 Å². The second-order valence-electron chi connectivity index (χ2n) is 12.1. The van der Waals surface area contributed by atoms with Crippen LogP contribution in [0.2, 0.25) is 0 Å². The average molecular weight is 602 g/mol. The molecule has 214 valence electrons. The third-order valence-corrected chi connectivity index (χ3v) is 10.7. The summed E-state index contributed by atoms with van der Waals surface area (Å²) in [4.78, 5) is 2.66. The molecule has 2 heteroatoms. The van der Waals surface area contributed by atoms with Gasteiger partial charge in [-0.3, -0.25) is 0 Å². The Morgan fingerprint density at radius 1 is 0.370 bits per heavy atom. The fourth-order valence-electron chi connectivity index (χ4n) is 7.53. The van der Waals surface area contributed by atoms with Gasteiger partial charge in [-0.2, -0.15) is 0 Å². The molecule has 1 nitrogen and oxygen atoms in total. The summed E-state index contributed by atoms with van der Waals surface area (Å²) in [6, 6.07) is 60.2. The van der Waals surface area contributed by atoms with Gasteiger partial charge in [-0.15, -0.1) is 0 Å². The van der Waals surface area contributed by atoms with E-state index in [1.54, 1.807) is 0 Å². The standard InChI is InChI=1S/C44H27NS/c1-2-14-31(15-3-1)45-40-21-6-4-16-34(40)39-26-30-13-9-18-32(38(30)27-41(39)45)28-11-8-12-29(25-28)33-23-24-43-44-36(33)19-10-20-37(44)35-17-5-7-22-42(35)46-43/h1-27H. The van der Waals surface area contributed by atoms with Gasteiger partial charge in [0.15, 0.2) is 0 Å². The van der Waals surface area contributed by atoms with Gasteiger partial charge in [-0.1, -0.05) is 127 Å². The number of fused-ring (bicyclic) bond motifs is 6. The summed E-state index contributed by atoms with van der Waals surface area (Å²) in [6.45, 7) is 0. The maximum atomic E-state index is 2.41. The molecular formula is C44H27NS. The summed E-state index contributed by atoms with van der Waals surface area (Å²) in [7, 11) is 0. The van der Waals surface area contributed by atoms with Crippen molar-refractivity contribution in [3.63, 3.8) is 0 Å². The van der Waals surface area contributed by atoms with Gasteiger partial charge in [0.05, 0.1) is 11.0 Å². The molecule has 0 bridgehead atoms.